The number of methoxy groups -OCH3 is 1. The van der Waals surface area contributed by atoms with E-state index in [1.807, 2.05) is 36.1 Å². The molecule has 1 aromatic carbocycles. The average molecular weight is 444 g/mol. The highest BCUT2D eigenvalue weighted by atomic mass is 16.5. The number of nitrogens with zero attached hydrogens (tertiary/aromatic N) is 3. The summed E-state index contributed by atoms with van der Waals surface area (Å²) in [6, 6.07) is 7.75. The zero-order valence-electron chi connectivity index (χ0n) is 19.2. The summed E-state index contributed by atoms with van der Waals surface area (Å²) in [5, 5.41) is 4.27. The van der Waals surface area contributed by atoms with Crippen LogP contribution in [0.1, 0.15) is 31.0 Å². The molecule has 8 nitrogen and oxygen atoms in total. The molecule has 0 saturated carbocycles. The van der Waals surface area contributed by atoms with Gasteiger partial charge in [0.05, 0.1) is 33.0 Å². The number of rotatable bonds is 10. The van der Waals surface area contributed by atoms with Crippen molar-refractivity contribution in [2.24, 2.45) is 5.41 Å². The fourth-order valence-corrected chi connectivity index (χ4v) is 4.02. The predicted molar refractivity (Wildman–Crippen MR) is 119 cm³/mol. The van der Waals surface area contributed by atoms with E-state index in [1.165, 1.54) is 0 Å². The van der Waals surface area contributed by atoms with Crippen LogP contribution >= 0.6 is 0 Å². The first-order valence-electron chi connectivity index (χ1n) is 11.2. The van der Waals surface area contributed by atoms with Crippen LogP contribution in [0.5, 0.6) is 11.5 Å². The van der Waals surface area contributed by atoms with Gasteiger partial charge in [-0.2, -0.15) is 5.10 Å². The molecule has 0 bridgehead atoms. The lowest BCUT2D eigenvalue weighted by molar-refractivity contribution is -0.134. The number of amides is 1. The number of benzene rings is 1. The Bertz CT molecular complexity index is 918. The van der Waals surface area contributed by atoms with Crippen molar-refractivity contribution in [2.45, 2.75) is 45.9 Å². The first kappa shape index (κ1) is 22.6. The van der Waals surface area contributed by atoms with E-state index in [9.17, 15) is 4.79 Å². The summed E-state index contributed by atoms with van der Waals surface area (Å²) in [6.45, 7) is 8.06. The van der Waals surface area contributed by atoms with E-state index in [2.05, 4.69) is 12.0 Å². The van der Waals surface area contributed by atoms with E-state index < -0.39 is 0 Å². The van der Waals surface area contributed by atoms with E-state index in [0.29, 0.717) is 44.4 Å². The van der Waals surface area contributed by atoms with E-state index in [-0.39, 0.29) is 24.0 Å². The SMILES string of the molecule is COc1ccc(CN(C[C@@H]2CCCO2)C(=O)Cn2nccc2C)cc1OCC1(C)COC1. The summed E-state index contributed by atoms with van der Waals surface area (Å²) in [6.07, 6.45) is 3.80. The smallest absolute Gasteiger partial charge is 0.244 e. The van der Waals surface area contributed by atoms with Gasteiger partial charge in [-0.1, -0.05) is 13.0 Å². The molecule has 1 atom stereocenters. The van der Waals surface area contributed by atoms with Crippen molar-refractivity contribution < 1.29 is 23.7 Å². The topological polar surface area (TPSA) is 75.1 Å². The van der Waals surface area contributed by atoms with E-state index in [1.54, 1.807) is 18.0 Å². The maximum atomic E-state index is 13.2. The van der Waals surface area contributed by atoms with Crippen molar-refractivity contribution >= 4 is 5.91 Å². The number of carbonyl (C=O) groups is 1. The van der Waals surface area contributed by atoms with Crippen molar-refractivity contribution in [1.29, 1.82) is 0 Å². The normalized spacial score (nSPS) is 19.4. The third-order valence-electron chi connectivity index (χ3n) is 6.09. The summed E-state index contributed by atoms with van der Waals surface area (Å²) in [5.74, 6) is 1.39. The summed E-state index contributed by atoms with van der Waals surface area (Å²) in [5.41, 5.74) is 1.98. The van der Waals surface area contributed by atoms with E-state index in [0.717, 1.165) is 30.7 Å². The van der Waals surface area contributed by atoms with Crippen molar-refractivity contribution in [3.63, 3.8) is 0 Å². The van der Waals surface area contributed by atoms with Crippen molar-refractivity contribution in [3.05, 3.63) is 41.7 Å². The highest BCUT2D eigenvalue weighted by Crippen LogP contribution is 2.33. The highest BCUT2D eigenvalue weighted by Gasteiger charge is 2.34. The number of hydrogen-bond acceptors (Lipinski definition) is 6. The van der Waals surface area contributed by atoms with Crippen LogP contribution in [0.25, 0.3) is 0 Å². The van der Waals surface area contributed by atoms with Gasteiger partial charge in [0.2, 0.25) is 5.91 Å². The maximum absolute atomic E-state index is 13.2. The summed E-state index contributed by atoms with van der Waals surface area (Å²) in [7, 11) is 1.63. The molecule has 0 unspecified atom stereocenters. The van der Waals surface area contributed by atoms with E-state index >= 15 is 0 Å². The molecular weight excluding hydrogens is 410 g/mol. The Hall–Kier alpha value is -2.58. The van der Waals surface area contributed by atoms with Gasteiger partial charge < -0.3 is 23.8 Å². The molecule has 2 saturated heterocycles. The molecule has 2 fully saturated rings. The Labute approximate surface area is 189 Å². The minimum atomic E-state index is 0.0183. The maximum Gasteiger partial charge on any atom is 0.244 e. The van der Waals surface area contributed by atoms with Crippen LogP contribution < -0.4 is 9.47 Å². The Balaban J connectivity index is 1.48. The van der Waals surface area contributed by atoms with Gasteiger partial charge in [0, 0.05) is 37.0 Å². The van der Waals surface area contributed by atoms with Crippen molar-refractivity contribution in [1.82, 2.24) is 14.7 Å². The zero-order chi connectivity index (χ0) is 22.6. The molecule has 1 amide bonds. The fraction of sp³-hybridized carbons (Fsp3) is 0.583. The van der Waals surface area contributed by atoms with Crippen LogP contribution in [0.3, 0.4) is 0 Å². The average Bonchev–Trinajstić information content (AvgIpc) is 3.42. The Kier molecular flexibility index (Phi) is 7.01. The molecule has 0 spiro atoms. The molecule has 0 N–H and O–H groups in total. The lowest BCUT2D eigenvalue weighted by Crippen LogP contribution is -2.44. The minimum absolute atomic E-state index is 0.0183. The molecule has 2 aliphatic heterocycles. The molecular formula is C24H33N3O5. The van der Waals surface area contributed by atoms with Crippen LogP contribution in [0.4, 0.5) is 0 Å². The molecule has 2 aromatic rings. The van der Waals surface area contributed by atoms with Gasteiger partial charge in [-0.05, 0) is 43.5 Å². The number of aromatic nitrogens is 2. The van der Waals surface area contributed by atoms with Crippen LogP contribution in [0.15, 0.2) is 30.5 Å². The third-order valence-corrected chi connectivity index (χ3v) is 6.09. The van der Waals surface area contributed by atoms with Crippen molar-refractivity contribution in [2.75, 3.05) is 40.1 Å². The minimum Gasteiger partial charge on any atom is -0.493 e. The second-order valence-electron chi connectivity index (χ2n) is 9.12. The molecule has 3 heterocycles. The lowest BCUT2D eigenvalue weighted by Gasteiger charge is -2.37. The van der Waals surface area contributed by atoms with Gasteiger partial charge in [0.15, 0.2) is 11.5 Å². The molecule has 32 heavy (non-hydrogen) atoms. The molecule has 1 aromatic heterocycles. The van der Waals surface area contributed by atoms with E-state index in [4.69, 9.17) is 18.9 Å². The molecule has 174 valence electrons. The van der Waals surface area contributed by atoms with Gasteiger partial charge in [-0.3, -0.25) is 9.48 Å². The monoisotopic (exact) mass is 443 g/mol. The van der Waals surface area contributed by atoms with Gasteiger partial charge in [-0.25, -0.2) is 0 Å². The van der Waals surface area contributed by atoms with Crippen LogP contribution in [0, 0.1) is 12.3 Å². The molecule has 2 aliphatic rings. The van der Waals surface area contributed by atoms with Crippen LogP contribution in [-0.2, 0) is 27.4 Å². The number of hydrogen-bond donors (Lipinski definition) is 0. The van der Waals surface area contributed by atoms with Gasteiger partial charge in [0.25, 0.3) is 0 Å². The predicted octanol–water partition coefficient (Wildman–Crippen LogP) is 2.82. The quantitative estimate of drug-likeness (QED) is 0.562. The number of ether oxygens (including phenoxy) is 4. The standard InChI is InChI=1S/C24H33N3O5/c1-18-8-9-25-27(18)14-23(28)26(13-20-5-4-10-31-20)12-19-6-7-21(29-3)22(11-19)32-17-24(2)15-30-16-24/h6-9,11,20H,4-5,10,12-17H2,1-3H3/t20-/m0/s1. The molecule has 8 heteroatoms. The second-order valence-corrected chi connectivity index (χ2v) is 9.12. The zero-order valence-corrected chi connectivity index (χ0v) is 19.2. The lowest BCUT2D eigenvalue weighted by atomic mass is 9.90. The van der Waals surface area contributed by atoms with Gasteiger partial charge in [0.1, 0.15) is 6.54 Å². The molecule has 0 radical (unpaired) electrons. The van der Waals surface area contributed by atoms with Crippen molar-refractivity contribution in [3.8, 4) is 11.5 Å². The van der Waals surface area contributed by atoms with Crippen LogP contribution in [0.2, 0.25) is 0 Å². The first-order chi connectivity index (χ1) is 15.5. The largest absolute Gasteiger partial charge is 0.493 e. The third kappa shape index (κ3) is 5.42. The molecule has 0 aliphatic carbocycles. The van der Waals surface area contributed by atoms with Gasteiger partial charge in [-0.15, -0.1) is 0 Å². The fourth-order valence-electron chi connectivity index (χ4n) is 4.02. The first-order valence-corrected chi connectivity index (χ1v) is 11.2. The second kappa shape index (κ2) is 9.92. The summed E-state index contributed by atoms with van der Waals surface area (Å²) in [4.78, 5) is 15.1. The molecule has 4 rings (SSSR count). The van der Waals surface area contributed by atoms with Gasteiger partial charge >= 0.3 is 0 Å². The Morgan fingerprint density at radius 3 is 2.78 bits per heavy atom. The summed E-state index contributed by atoms with van der Waals surface area (Å²) >= 11 is 0. The number of aryl methyl sites for hydroxylation is 1. The Morgan fingerprint density at radius 2 is 2.16 bits per heavy atom. The van der Waals surface area contributed by atoms with Crippen LogP contribution in [-0.4, -0.2) is 66.8 Å². The number of carbonyl (C=O) groups excluding carboxylic acids is 1. The summed E-state index contributed by atoms with van der Waals surface area (Å²) < 4.78 is 24.5. The highest BCUT2D eigenvalue weighted by molar-refractivity contribution is 5.76. The Morgan fingerprint density at radius 1 is 1.31 bits per heavy atom.